The second kappa shape index (κ2) is 8.69. The monoisotopic (exact) mass is 365 g/mol. The van der Waals surface area contributed by atoms with Crippen molar-refractivity contribution in [2.45, 2.75) is 39.3 Å². The quantitative estimate of drug-likeness (QED) is 0.784. The van der Waals surface area contributed by atoms with Crippen LogP contribution in [0.4, 0.5) is 4.79 Å². The van der Waals surface area contributed by atoms with Crippen molar-refractivity contribution in [3.05, 3.63) is 0 Å². The fraction of sp³-hybridized carbons (Fsp3) is 0.833. The largest absolute Gasteiger partial charge is 0.378 e. The van der Waals surface area contributed by atoms with Crippen LogP contribution < -0.4 is 5.32 Å². The molecule has 1 N–H and O–H groups in total. The first-order valence-electron chi connectivity index (χ1n) is 9.37. The molecule has 2 aliphatic heterocycles. The van der Waals surface area contributed by atoms with Crippen LogP contribution in [-0.2, 0) is 9.53 Å². The van der Waals surface area contributed by atoms with Crippen LogP contribution in [0.3, 0.4) is 0 Å². The van der Waals surface area contributed by atoms with E-state index in [0.717, 1.165) is 0 Å². The third-order valence-corrected chi connectivity index (χ3v) is 5.56. The predicted molar refractivity (Wildman–Crippen MR) is 97.4 cm³/mol. The van der Waals surface area contributed by atoms with Crippen molar-refractivity contribution in [1.82, 2.24) is 20.0 Å². The van der Waals surface area contributed by atoms with Crippen molar-refractivity contribution in [2.24, 2.45) is 5.92 Å². The second-order valence-corrected chi connectivity index (χ2v) is 7.54. The Labute approximate surface area is 156 Å². The normalized spacial score (nSPS) is 22.5. The Morgan fingerprint density at radius 2 is 1.58 bits per heavy atom. The number of carbonyl (C=O) groups is 2. The molecular weight excluding hydrogens is 334 g/mol. The van der Waals surface area contributed by atoms with Crippen LogP contribution in [0.2, 0.25) is 0 Å². The Hall–Kier alpha value is -1.85. The summed E-state index contributed by atoms with van der Waals surface area (Å²) in [6.45, 7) is 12.4. The summed E-state index contributed by atoms with van der Waals surface area (Å²) in [4.78, 5) is 30.8. The van der Waals surface area contributed by atoms with Gasteiger partial charge in [-0.15, -0.1) is 0 Å². The predicted octanol–water partition coefficient (Wildman–Crippen LogP) is 0.499. The van der Waals surface area contributed by atoms with E-state index < -0.39 is 5.54 Å². The number of nitrogens with one attached hydrogen (secondary N) is 1. The standard InChI is InChI=1S/C18H31N5O3/c1-14(2)18(4,13-19)20-16(24)15(3)21-5-7-22(8-6-21)17(25)23-9-11-26-12-10-23/h14-15H,5-12H2,1-4H3,(H,20,24)/t15-,18-/m1/s1. The summed E-state index contributed by atoms with van der Waals surface area (Å²) in [5.74, 6) is -0.123. The maximum Gasteiger partial charge on any atom is 0.320 e. The third kappa shape index (κ3) is 4.65. The van der Waals surface area contributed by atoms with Crippen molar-refractivity contribution < 1.29 is 14.3 Å². The molecule has 2 rings (SSSR count). The first kappa shape index (κ1) is 20.5. The average Bonchev–Trinajstić information content (AvgIpc) is 2.67. The van der Waals surface area contributed by atoms with Crippen molar-refractivity contribution >= 4 is 11.9 Å². The molecule has 146 valence electrons. The van der Waals surface area contributed by atoms with E-state index >= 15 is 0 Å². The number of piperazine rings is 1. The van der Waals surface area contributed by atoms with Crippen LogP contribution in [0.25, 0.3) is 0 Å². The Balaban J connectivity index is 1.85. The number of rotatable bonds is 4. The highest BCUT2D eigenvalue weighted by Crippen LogP contribution is 2.17. The lowest BCUT2D eigenvalue weighted by Crippen LogP contribution is -2.60. The molecule has 0 spiro atoms. The summed E-state index contributed by atoms with van der Waals surface area (Å²) in [5.41, 5.74) is -0.876. The second-order valence-electron chi connectivity index (χ2n) is 7.54. The van der Waals surface area contributed by atoms with Gasteiger partial charge in [-0.3, -0.25) is 9.69 Å². The molecule has 0 unspecified atom stereocenters. The van der Waals surface area contributed by atoms with Crippen LogP contribution in [0.15, 0.2) is 0 Å². The Morgan fingerprint density at radius 3 is 2.08 bits per heavy atom. The molecule has 3 amide bonds. The topological polar surface area (TPSA) is 88.9 Å². The van der Waals surface area contributed by atoms with Crippen LogP contribution in [0.5, 0.6) is 0 Å². The van der Waals surface area contributed by atoms with Crippen molar-refractivity contribution in [3.63, 3.8) is 0 Å². The molecular formula is C18H31N5O3. The number of carbonyl (C=O) groups excluding carboxylic acids is 2. The number of nitriles is 1. The Kier molecular flexibility index (Phi) is 6.84. The lowest BCUT2D eigenvalue weighted by atomic mass is 9.89. The molecule has 0 aromatic rings. The molecule has 2 aliphatic rings. The molecule has 2 heterocycles. The third-order valence-electron chi connectivity index (χ3n) is 5.56. The van der Waals surface area contributed by atoms with E-state index in [4.69, 9.17) is 4.74 Å². The van der Waals surface area contributed by atoms with E-state index in [9.17, 15) is 14.9 Å². The molecule has 2 fully saturated rings. The van der Waals surface area contributed by atoms with E-state index in [1.54, 1.807) is 6.92 Å². The maximum absolute atomic E-state index is 12.6. The van der Waals surface area contributed by atoms with Crippen LogP contribution >= 0.6 is 0 Å². The van der Waals surface area contributed by atoms with Gasteiger partial charge in [0, 0.05) is 39.3 Å². The van der Waals surface area contributed by atoms with Gasteiger partial charge in [0.25, 0.3) is 0 Å². The molecule has 2 atom stereocenters. The van der Waals surface area contributed by atoms with E-state index in [1.807, 2.05) is 30.6 Å². The average molecular weight is 365 g/mol. The summed E-state index contributed by atoms with van der Waals surface area (Å²) in [5, 5.41) is 12.3. The first-order valence-corrected chi connectivity index (χ1v) is 9.37. The van der Waals surface area contributed by atoms with Crippen LogP contribution in [0.1, 0.15) is 27.7 Å². The number of morpholine rings is 1. The number of amides is 3. The molecule has 8 nitrogen and oxygen atoms in total. The molecule has 0 aromatic heterocycles. The van der Waals surface area contributed by atoms with Gasteiger partial charge in [-0.25, -0.2) is 4.79 Å². The number of hydrogen-bond donors (Lipinski definition) is 1. The van der Waals surface area contributed by atoms with E-state index in [1.165, 1.54) is 0 Å². The van der Waals surface area contributed by atoms with Gasteiger partial charge in [-0.05, 0) is 19.8 Å². The van der Waals surface area contributed by atoms with E-state index in [0.29, 0.717) is 52.5 Å². The summed E-state index contributed by atoms with van der Waals surface area (Å²) in [6, 6.07) is 1.93. The molecule has 0 bridgehead atoms. The molecule has 26 heavy (non-hydrogen) atoms. The Morgan fingerprint density at radius 1 is 1.04 bits per heavy atom. The van der Waals surface area contributed by atoms with Gasteiger partial charge >= 0.3 is 6.03 Å². The van der Waals surface area contributed by atoms with Gasteiger partial charge in [0.2, 0.25) is 5.91 Å². The minimum absolute atomic E-state index is 0.0200. The minimum atomic E-state index is -0.876. The zero-order valence-electron chi connectivity index (χ0n) is 16.3. The van der Waals surface area contributed by atoms with Crippen LogP contribution in [0, 0.1) is 17.2 Å². The van der Waals surface area contributed by atoms with Crippen molar-refractivity contribution in [3.8, 4) is 6.07 Å². The van der Waals surface area contributed by atoms with Crippen molar-refractivity contribution in [2.75, 3.05) is 52.5 Å². The summed E-state index contributed by atoms with van der Waals surface area (Å²) in [7, 11) is 0. The summed E-state index contributed by atoms with van der Waals surface area (Å²) >= 11 is 0. The van der Waals surface area contributed by atoms with E-state index in [2.05, 4.69) is 16.3 Å². The zero-order valence-corrected chi connectivity index (χ0v) is 16.3. The summed E-state index contributed by atoms with van der Waals surface area (Å²) in [6.07, 6.45) is 0. The van der Waals surface area contributed by atoms with Gasteiger partial charge in [0.15, 0.2) is 0 Å². The van der Waals surface area contributed by atoms with Gasteiger partial charge < -0.3 is 19.9 Å². The lowest BCUT2D eigenvalue weighted by Gasteiger charge is -2.40. The van der Waals surface area contributed by atoms with Gasteiger partial charge in [0.1, 0.15) is 5.54 Å². The maximum atomic E-state index is 12.6. The smallest absolute Gasteiger partial charge is 0.320 e. The summed E-state index contributed by atoms with van der Waals surface area (Å²) < 4.78 is 5.29. The van der Waals surface area contributed by atoms with Gasteiger partial charge in [-0.2, -0.15) is 5.26 Å². The fourth-order valence-corrected chi connectivity index (χ4v) is 3.08. The highest BCUT2D eigenvalue weighted by atomic mass is 16.5. The SMILES string of the molecule is CC(C)[C@@](C)(C#N)NC(=O)[C@@H](C)N1CCN(C(=O)N2CCOCC2)CC1. The minimum Gasteiger partial charge on any atom is -0.378 e. The number of nitrogens with zero attached hydrogens (tertiary/aromatic N) is 4. The molecule has 0 saturated carbocycles. The number of urea groups is 1. The lowest BCUT2D eigenvalue weighted by molar-refractivity contribution is -0.128. The van der Waals surface area contributed by atoms with Crippen LogP contribution in [-0.4, -0.2) is 90.7 Å². The first-order chi connectivity index (χ1) is 12.3. The van der Waals surface area contributed by atoms with Gasteiger partial charge in [-0.1, -0.05) is 13.8 Å². The molecule has 8 heteroatoms. The molecule has 0 radical (unpaired) electrons. The molecule has 0 aliphatic carbocycles. The fourth-order valence-electron chi connectivity index (χ4n) is 3.08. The molecule has 0 aromatic carbocycles. The zero-order chi connectivity index (χ0) is 19.3. The Bertz CT molecular complexity index is 548. The number of ether oxygens (including phenoxy) is 1. The highest BCUT2D eigenvalue weighted by molar-refractivity contribution is 5.82. The number of hydrogen-bond acceptors (Lipinski definition) is 5. The molecule has 2 saturated heterocycles. The van der Waals surface area contributed by atoms with E-state index in [-0.39, 0.29) is 23.9 Å². The van der Waals surface area contributed by atoms with Crippen molar-refractivity contribution in [1.29, 1.82) is 5.26 Å². The highest BCUT2D eigenvalue weighted by Gasteiger charge is 2.35. The van der Waals surface area contributed by atoms with Gasteiger partial charge in [0.05, 0.1) is 25.3 Å².